The smallest absolute Gasteiger partial charge is 0.338 e. The lowest BCUT2D eigenvalue weighted by Gasteiger charge is -2.17. The average molecular weight is 283 g/mol. The van der Waals surface area contributed by atoms with Crippen LogP contribution in [0.2, 0.25) is 0 Å². The summed E-state index contributed by atoms with van der Waals surface area (Å²) in [5, 5.41) is 19.2. The van der Waals surface area contributed by atoms with Crippen LogP contribution in [0.4, 0.5) is 19.3 Å². The number of carboxylic acids is 1. The number of nitriles is 1. The van der Waals surface area contributed by atoms with Gasteiger partial charge >= 0.3 is 12.0 Å². The number of carbonyl (C=O) groups excluding carboxylic acids is 1. The molecule has 2 N–H and O–H groups in total. The molecule has 6 nitrogen and oxygen atoms in total. The molecule has 2 amide bonds. The van der Waals surface area contributed by atoms with E-state index in [4.69, 9.17) is 10.4 Å². The number of nitrogens with one attached hydrogen (secondary N) is 1. The largest absolute Gasteiger partial charge is 0.478 e. The molecule has 106 valence electrons. The monoisotopic (exact) mass is 283 g/mol. The molecule has 0 heterocycles. The number of nitrogens with zero attached hydrogens (tertiary/aromatic N) is 2. The van der Waals surface area contributed by atoms with Crippen LogP contribution in [-0.4, -0.2) is 35.6 Å². The Bertz CT molecular complexity index is 584. The first kappa shape index (κ1) is 15.4. The molecule has 1 aromatic carbocycles. The number of hydrogen-bond acceptors (Lipinski definition) is 3. The highest BCUT2D eigenvalue weighted by molar-refractivity contribution is 5.93. The molecule has 0 radical (unpaired) electrons. The topological polar surface area (TPSA) is 93.4 Å². The summed E-state index contributed by atoms with van der Waals surface area (Å²) in [6.45, 7) is 0.122. The van der Waals surface area contributed by atoms with Crippen LogP contribution in [0.15, 0.2) is 12.1 Å². The zero-order chi connectivity index (χ0) is 15.3. The third-order valence-electron chi connectivity index (χ3n) is 2.43. The Hall–Kier alpha value is -2.69. The summed E-state index contributed by atoms with van der Waals surface area (Å²) in [7, 11) is 1.38. The molecule has 0 aliphatic heterocycles. The Morgan fingerprint density at radius 1 is 1.40 bits per heavy atom. The number of aromatic carboxylic acids is 1. The van der Waals surface area contributed by atoms with Crippen LogP contribution in [0.25, 0.3) is 0 Å². The molecule has 0 fully saturated rings. The van der Waals surface area contributed by atoms with E-state index in [9.17, 15) is 18.4 Å². The number of carboxylic acid groups (broad SMARTS) is 1. The van der Waals surface area contributed by atoms with Gasteiger partial charge in [0.05, 0.1) is 23.7 Å². The second kappa shape index (κ2) is 6.47. The molecule has 20 heavy (non-hydrogen) atoms. The maximum absolute atomic E-state index is 13.5. The maximum Gasteiger partial charge on any atom is 0.338 e. The second-order valence-electron chi connectivity index (χ2n) is 3.88. The number of anilines is 1. The summed E-state index contributed by atoms with van der Waals surface area (Å²) in [6.07, 6.45) is 0.0934. The maximum atomic E-state index is 13.5. The van der Waals surface area contributed by atoms with Gasteiger partial charge in [-0.3, -0.25) is 0 Å². The highest BCUT2D eigenvalue weighted by atomic mass is 19.1. The molecule has 0 saturated carbocycles. The van der Waals surface area contributed by atoms with Gasteiger partial charge in [-0.1, -0.05) is 0 Å². The first-order valence-electron chi connectivity index (χ1n) is 5.48. The van der Waals surface area contributed by atoms with Crippen LogP contribution in [0.3, 0.4) is 0 Å². The van der Waals surface area contributed by atoms with E-state index in [1.165, 1.54) is 7.05 Å². The van der Waals surface area contributed by atoms with E-state index < -0.39 is 34.9 Å². The van der Waals surface area contributed by atoms with E-state index in [0.717, 1.165) is 4.90 Å². The number of rotatable bonds is 4. The van der Waals surface area contributed by atoms with Crippen LogP contribution in [-0.2, 0) is 0 Å². The predicted octanol–water partition coefficient (Wildman–Crippen LogP) is 2.04. The van der Waals surface area contributed by atoms with Crippen molar-refractivity contribution in [2.75, 3.05) is 18.9 Å². The quantitative estimate of drug-likeness (QED) is 0.884. The van der Waals surface area contributed by atoms with Crippen molar-refractivity contribution in [3.8, 4) is 6.07 Å². The lowest BCUT2D eigenvalue weighted by molar-refractivity contribution is 0.0692. The van der Waals surface area contributed by atoms with E-state index in [2.05, 4.69) is 5.32 Å². The number of hydrogen-bond donors (Lipinski definition) is 2. The van der Waals surface area contributed by atoms with Crippen LogP contribution in [0, 0.1) is 23.0 Å². The minimum absolute atomic E-state index is 0.0934. The fourth-order valence-electron chi connectivity index (χ4n) is 1.34. The molecular weight excluding hydrogens is 272 g/mol. The number of urea groups is 1. The normalized spacial score (nSPS) is 9.70. The van der Waals surface area contributed by atoms with Gasteiger partial charge in [-0.15, -0.1) is 0 Å². The zero-order valence-electron chi connectivity index (χ0n) is 10.5. The highest BCUT2D eigenvalue weighted by Crippen LogP contribution is 2.20. The predicted molar refractivity (Wildman–Crippen MR) is 65.2 cm³/mol. The van der Waals surface area contributed by atoms with Gasteiger partial charge in [0.2, 0.25) is 0 Å². The number of benzene rings is 1. The minimum Gasteiger partial charge on any atom is -0.478 e. The van der Waals surface area contributed by atoms with Gasteiger partial charge in [-0.2, -0.15) is 5.26 Å². The van der Waals surface area contributed by atoms with Gasteiger partial charge in [0.25, 0.3) is 0 Å². The van der Waals surface area contributed by atoms with Gasteiger partial charge in [0.1, 0.15) is 11.6 Å². The first-order chi connectivity index (χ1) is 9.36. The molecule has 0 saturated heterocycles. The zero-order valence-corrected chi connectivity index (χ0v) is 10.5. The second-order valence-corrected chi connectivity index (χ2v) is 3.88. The standard InChI is InChI=1S/C12H11F2N3O3/c1-17(4-2-3-15)12(20)16-10-5-7(11(18)19)8(13)6-9(10)14/h5-6H,2,4H2,1H3,(H,16,20)(H,18,19). The van der Waals surface area contributed by atoms with Crippen molar-refractivity contribution in [3.05, 3.63) is 29.3 Å². The van der Waals surface area contributed by atoms with Crippen LogP contribution in [0.5, 0.6) is 0 Å². The van der Waals surface area contributed by atoms with Gasteiger partial charge in [-0.25, -0.2) is 18.4 Å². The molecule has 0 bridgehead atoms. The summed E-state index contributed by atoms with van der Waals surface area (Å²) in [6, 6.07) is 2.18. The van der Waals surface area contributed by atoms with Crippen molar-refractivity contribution in [2.24, 2.45) is 0 Å². The van der Waals surface area contributed by atoms with Crippen molar-refractivity contribution in [1.29, 1.82) is 5.26 Å². The Morgan fingerprint density at radius 2 is 2.05 bits per heavy atom. The van der Waals surface area contributed by atoms with E-state index >= 15 is 0 Å². The lowest BCUT2D eigenvalue weighted by atomic mass is 10.2. The highest BCUT2D eigenvalue weighted by Gasteiger charge is 2.17. The Kier molecular flexibility index (Phi) is 4.97. The van der Waals surface area contributed by atoms with Gasteiger partial charge < -0.3 is 15.3 Å². The van der Waals surface area contributed by atoms with Crippen molar-refractivity contribution in [2.45, 2.75) is 6.42 Å². The Morgan fingerprint density at radius 3 is 2.60 bits per heavy atom. The molecule has 0 aliphatic carbocycles. The number of carbonyl (C=O) groups is 2. The van der Waals surface area contributed by atoms with Crippen molar-refractivity contribution in [3.63, 3.8) is 0 Å². The molecule has 0 atom stereocenters. The van der Waals surface area contributed by atoms with E-state index in [-0.39, 0.29) is 13.0 Å². The van der Waals surface area contributed by atoms with Gasteiger partial charge in [-0.05, 0) is 6.07 Å². The van der Waals surface area contributed by atoms with E-state index in [0.29, 0.717) is 12.1 Å². The molecule has 1 rings (SSSR count). The minimum atomic E-state index is -1.57. The fraction of sp³-hybridized carbons (Fsp3) is 0.250. The van der Waals surface area contributed by atoms with Crippen LogP contribution in [0.1, 0.15) is 16.8 Å². The first-order valence-corrected chi connectivity index (χ1v) is 5.48. The molecule has 0 spiro atoms. The molecular formula is C12H11F2N3O3. The summed E-state index contributed by atoms with van der Waals surface area (Å²) in [5.41, 5.74) is -1.20. The van der Waals surface area contributed by atoms with Gasteiger partial charge in [0.15, 0.2) is 0 Å². The molecule has 0 aromatic heterocycles. The van der Waals surface area contributed by atoms with Crippen LogP contribution < -0.4 is 5.32 Å². The SMILES string of the molecule is CN(CCC#N)C(=O)Nc1cc(C(=O)O)c(F)cc1F. The molecule has 0 unspecified atom stereocenters. The summed E-state index contributed by atoms with van der Waals surface area (Å²) < 4.78 is 26.6. The van der Waals surface area contributed by atoms with Crippen LogP contribution >= 0.6 is 0 Å². The lowest BCUT2D eigenvalue weighted by Crippen LogP contribution is -2.32. The molecule has 8 heteroatoms. The third kappa shape index (κ3) is 3.65. The number of halogens is 2. The van der Waals surface area contributed by atoms with Crippen molar-refractivity contribution in [1.82, 2.24) is 4.90 Å². The van der Waals surface area contributed by atoms with Crippen molar-refractivity contribution >= 4 is 17.7 Å². The Balaban J connectivity index is 2.92. The number of amides is 2. The summed E-state index contributed by atoms with van der Waals surface area (Å²) in [5.74, 6) is -3.89. The van der Waals surface area contributed by atoms with E-state index in [1.54, 1.807) is 0 Å². The van der Waals surface area contributed by atoms with E-state index in [1.807, 2.05) is 6.07 Å². The fourth-order valence-corrected chi connectivity index (χ4v) is 1.34. The average Bonchev–Trinajstić information content (AvgIpc) is 2.38. The molecule has 0 aliphatic rings. The molecule has 1 aromatic rings. The third-order valence-corrected chi connectivity index (χ3v) is 2.43. The van der Waals surface area contributed by atoms with Gasteiger partial charge in [0, 0.05) is 19.7 Å². The summed E-state index contributed by atoms with van der Waals surface area (Å²) >= 11 is 0. The Labute approximate surface area is 113 Å². The summed E-state index contributed by atoms with van der Waals surface area (Å²) in [4.78, 5) is 23.5. The van der Waals surface area contributed by atoms with Crippen molar-refractivity contribution < 1.29 is 23.5 Å².